The number of rotatable bonds is 4. The molecule has 5 nitrogen and oxygen atoms in total. The fourth-order valence-corrected chi connectivity index (χ4v) is 1.08. The molecule has 0 bridgehead atoms. The summed E-state index contributed by atoms with van der Waals surface area (Å²) in [5, 5.41) is 16.0. The SMILES string of the molecule is CC(C)(CCl)C(Cn1cncn1)=NO. The lowest BCUT2D eigenvalue weighted by Gasteiger charge is -2.22. The molecule has 1 rings (SSSR count). The number of oxime groups is 1. The number of hydrogen-bond donors (Lipinski definition) is 1. The van der Waals surface area contributed by atoms with Crippen LogP contribution in [0.1, 0.15) is 13.8 Å². The zero-order valence-electron chi connectivity index (χ0n) is 8.18. The summed E-state index contributed by atoms with van der Waals surface area (Å²) in [7, 11) is 0. The molecule has 0 unspecified atom stereocenters. The highest BCUT2D eigenvalue weighted by Crippen LogP contribution is 2.20. The van der Waals surface area contributed by atoms with Crippen LogP contribution in [0.4, 0.5) is 0 Å². The summed E-state index contributed by atoms with van der Waals surface area (Å²) in [6.07, 6.45) is 3.00. The molecule has 1 heterocycles. The van der Waals surface area contributed by atoms with Gasteiger partial charge in [0.05, 0.1) is 12.3 Å². The molecular weight excluding hydrogens is 204 g/mol. The van der Waals surface area contributed by atoms with Gasteiger partial charge in [-0.25, -0.2) is 9.67 Å². The largest absolute Gasteiger partial charge is 0.411 e. The van der Waals surface area contributed by atoms with Gasteiger partial charge in [-0.1, -0.05) is 19.0 Å². The van der Waals surface area contributed by atoms with Crippen molar-refractivity contribution in [1.82, 2.24) is 14.8 Å². The Hall–Kier alpha value is -1.10. The van der Waals surface area contributed by atoms with Crippen molar-refractivity contribution in [2.75, 3.05) is 5.88 Å². The van der Waals surface area contributed by atoms with Crippen molar-refractivity contribution in [3.05, 3.63) is 12.7 Å². The van der Waals surface area contributed by atoms with E-state index >= 15 is 0 Å². The Bertz CT molecular complexity index is 307. The monoisotopic (exact) mass is 216 g/mol. The molecule has 78 valence electrons. The van der Waals surface area contributed by atoms with Crippen molar-refractivity contribution in [3.8, 4) is 0 Å². The smallest absolute Gasteiger partial charge is 0.137 e. The average Bonchev–Trinajstić information content (AvgIpc) is 2.66. The zero-order valence-corrected chi connectivity index (χ0v) is 8.94. The first kappa shape index (κ1) is 11.0. The van der Waals surface area contributed by atoms with Crippen LogP contribution in [0.25, 0.3) is 0 Å². The second-order valence-corrected chi connectivity index (χ2v) is 3.92. The molecule has 0 atom stereocenters. The van der Waals surface area contributed by atoms with E-state index in [1.165, 1.54) is 6.33 Å². The molecule has 14 heavy (non-hydrogen) atoms. The van der Waals surface area contributed by atoms with Crippen molar-refractivity contribution in [2.24, 2.45) is 10.6 Å². The zero-order chi connectivity index (χ0) is 10.6. The predicted octanol–water partition coefficient (Wildman–Crippen LogP) is 1.37. The fourth-order valence-electron chi connectivity index (χ4n) is 0.926. The van der Waals surface area contributed by atoms with E-state index in [2.05, 4.69) is 15.2 Å². The maximum atomic E-state index is 8.86. The van der Waals surface area contributed by atoms with E-state index in [9.17, 15) is 0 Å². The molecule has 6 heteroatoms. The molecule has 0 saturated carbocycles. The lowest BCUT2D eigenvalue weighted by atomic mass is 9.90. The Morgan fingerprint density at radius 3 is 2.79 bits per heavy atom. The van der Waals surface area contributed by atoms with Crippen LogP contribution in [0.15, 0.2) is 17.8 Å². The van der Waals surface area contributed by atoms with Crippen molar-refractivity contribution in [2.45, 2.75) is 20.4 Å². The lowest BCUT2D eigenvalue weighted by Crippen LogP contribution is -2.30. The minimum atomic E-state index is -0.345. The highest BCUT2D eigenvalue weighted by Gasteiger charge is 2.25. The van der Waals surface area contributed by atoms with E-state index in [1.54, 1.807) is 11.0 Å². The number of halogens is 1. The molecule has 1 N–H and O–H groups in total. The van der Waals surface area contributed by atoms with Crippen LogP contribution >= 0.6 is 11.6 Å². The van der Waals surface area contributed by atoms with Crippen molar-refractivity contribution in [3.63, 3.8) is 0 Å². The molecule has 0 radical (unpaired) electrons. The summed E-state index contributed by atoms with van der Waals surface area (Å²) >= 11 is 5.77. The maximum Gasteiger partial charge on any atom is 0.137 e. The molecule has 0 aliphatic carbocycles. The van der Waals surface area contributed by atoms with Crippen LogP contribution in [0.2, 0.25) is 0 Å². The van der Waals surface area contributed by atoms with Crippen LogP contribution in [0.3, 0.4) is 0 Å². The van der Waals surface area contributed by atoms with Crippen LogP contribution in [0, 0.1) is 5.41 Å². The topological polar surface area (TPSA) is 63.3 Å². The third kappa shape index (κ3) is 2.45. The number of alkyl halides is 1. The van der Waals surface area contributed by atoms with E-state index < -0.39 is 0 Å². The highest BCUT2D eigenvalue weighted by molar-refractivity contribution is 6.20. The Morgan fingerprint density at radius 2 is 2.36 bits per heavy atom. The van der Waals surface area contributed by atoms with Crippen LogP contribution in [-0.4, -0.2) is 31.6 Å². The third-order valence-corrected chi connectivity index (χ3v) is 2.68. The van der Waals surface area contributed by atoms with Gasteiger partial charge in [-0.2, -0.15) is 5.10 Å². The van der Waals surface area contributed by atoms with Gasteiger partial charge in [0.1, 0.15) is 12.7 Å². The first-order valence-corrected chi connectivity index (χ1v) is 4.73. The normalized spacial score (nSPS) is 13.2. The molecule has 1 aromatic rings. The van der Waals surface area contributed by atoms with Crippen LogP contribution in [-0.2, 0) is 6.54 Å². The van der Waals surface area contributed by atoms with Gasteiger partial charge in [0.2, 0.25) is 0 Å². The van der Waals surface area contributed by atoms with Crippen molar-refractivity contribution < 1.29 is 5.21 Å². The lowest BCUT2D eigenvalue weighted by molar-refractivity contribution is 0.307. The standard InChI is InChI=1S/C8H13ClN4O/c1-8(2,4-9)7(12-14)3-13-6-10-5-11-13/h5-6,14H,3-4H2,1-2H3. The van der Waals surface area contributed by atoms with Gasteiger partial charge < -0.3 is 5.21 Å². The molecule has 0 spiro atoms. The number of aromatic nitrogens is 3. The molecule has 0 aromatic carbocycles. The van der Waals surface area contributed by atoms with E-state index in [1.807, 2.05) is 13.8 Å². The van der Waals surface area contributed by atoms with Gasteiger partial charge in [-0.3, -0.25) is 0 Å². The minimum Gasteiger partial charge on any atom is -0.411 e. The Labute approximate surface area is 87.4 Å². The molecule has 1 aromatic heterocycles. The molecule has 0 aliphatic heterocycles. The van der Waals surface area contributed by atoms with Gasteiger partial charge in [0, 0.05) is 11.3 Å². The first-order valence-electron chi connectivity index (χ1n) is 4.20. The summed E-state index contributed by atoms with van der Waals surface area (Å²) < 4.78 is 1.59. The average molecular weight is 217 g/mol. The van der Waals surface area contributed by atoms with Crippen LogP contribution in [0.5, 0.6) is 0 Å². The maximum absolute atomic E-state index is 8.86. The van der Waals surface area contributed by atoms with E-state index in [4.69, 9.17) is 16.8 Å². The summed E-state index contributed by atoms with van der Waals surface area (Å²) in [5.74, 6) is 0.390. The van der Waals surface area contributed by atoms with Gasteiger partial charge in [0.25, 0.3) is 0 Å². The summed E-state index contributed by atoms with van der Waals surface area (Å²) in [6, 6.07) is 0. The molecule has 0 amide bonds. The summed E-state index contributed by atoms with van der Waals surface area (Å²) in [4.78, 5) is 3.80. The third-order valence-electron chi connectivity index (χ3n) is 2.01. The van der Waals surface area contributed by atoms with Gasteiger partial charge in [-0.15, -0.1) is 11.6 Å². The fraction of sp³-hybridized carbons (Fsp3) is 0.625. The highest BCUT2D eigenvalue weighted by atomic mass is 35.5. The predicted molar refractivity (Wildman–Crippen MR) is 53.7 cm³/mol. The number of nitrogens with zero attached hydrogens (tertiary/aromatic N) is 4. The summed E-state index contributed by atoms with van der Waals surface area (Å²) in [5.41, 5.74) is 0.236. The molecular formula is C8H13ClN4O. The Morgan fingerprint density at radius 1 is 1.64 bits per heavy atom. The van der Waals surface area contributed by atoms with Gasteiger partial charge >= 0.3 is 0 Å². The summed E-state index contributed by atoms with van der Waals surface area (Å²) in [6.45, 7) is 4.22. The Balaban J connectivity index is 2.75. The molecule has 0 fully saturated rings. The van der Waals surface area contributed by atoms with Crippen molar-refractivity contribution >= 4 is 17.3 Å². The quantitative estimate of drug-likeness (QED) is 0.358. The molecule has 0 saturated heterocycles. The second-order valence-electron chi connectivity index (χ2n) is 3.66. The first-order chi connectivity index (χ1) is 6.60. The van der Waals surface area contributed by atoms with E-state index in [0.717, 1.165) is 0 Å². The van der Waals surface area contributed by atoms with Crippen molar-refractivity contribution in [1.29, 1.82) is 0 Å². The van der Waals surface area contributed by atoms with Gasteiger partial charge in [-0.05, 0) is 0 Å². The number of hydrogen-bond acceptors (Lipinski definition) is 4. The molecule has 0 aliphatic rings. The van der Waals surface area contributed by atoms with E-state index in [0.29, 0.717) is 18.1 Å². The second kappa shape index (κ2) is 4.41. The van der Waals surface area contributed by atoms with Crippen LogP contribution < -0.4 is 0 Å². The van der Waals surface area contributed by atoms with Gasteiger partial charge in [0.15, 0.2) is 0 Å². The van der Waals surface area contributed by atoms with E-state index in [-0.39, 0.29) is 5.41 Å². The minimum absolute atomic E-state index is 0.345. The Kier molecular flexibility index (Phi) is 3.46.